The largest absolute Gasteiger partial charge is 0.483 e. The topological polar surface area (TPSA) is 58.6 Å². The zero-order valence-electron chi connectivity index (χ0n) is 23.2. The quantitative estimate of drug-likeness (QED) is 0.282. The molecule has 0 heterocycles. The fourth-order valence-corrected chi connectivity index (χ4v) is 5.41. The van der Waals surface area contributed by atoms with E-state index in [0.29, 0.717) is 18.7 Å². The molecule has 2 amide bonds. The molecule has 1 saturated carbocycles. The van der Waals surface area contributed by atoms with Crippen molar-refractivity contribution in [2.45, 2.75) is 76.9 Å². The molecule has 0 aromatic heterocycles. The molecular formula is C33H39BrN2O3. The van der Waals surface area contributed by atoms with E-state index in [4.69, 9.17) is 4.74 Å². The van der Waals surface area contributed by atoms with Gasteiger partial charge in [0.15, 0.2) is 6.61 Å². The Labute approximate surface area is 241 Å². The first kappa shape index (κ1) is 28.9. The van der Waals surface area contributed by atoms with E-state index in [1.54, 1.807) is 4.90 Å². The number of carbonyl (C=O) groups is 2. The lowest BCUT2D eigenvalue weighted by Gasteiger charge is -2.32. The third-order valence-electron chi connectivity index (χ3n) is 7.29. The monoisotopic (exact) mass is 590 g/mol. The molecule has 3 aromatic rings. The van der Waals surface area contributed by atoms with Gasteiger partial charge in [-0.3, -0.25) is 9.59 Å². The molecule has 1 aliphatic rings. The molecule has 0 spiro atoms. The number of nitrogens with zero attached hydrogens (tertiary/aromatic N) is 1. The Hall–Kier alpha value is -3.12. The highest BCUT2D eigenvalue weighted by Crippen LogP contribution is 2.31. The minimum absolute atomic E-state index is 0.105. The summed E-state index contributed by atoms with van der Waals surface area (Å²) in [4.78, 5) is 29.4. The van der Waals surface area contributed by atoms with Crippen LogP contribution in [0, 0.1) is 0 Å². The number of halogens is 1. The number of amides is 2. The SMILES string of the molecule is CC(C)(C)c1ccccc1OCC(=O)N(Cc1ccc(Br)cc1)C(Cc1ccccc1)C(=O)NC1CCCC1. The molecular weight excluding hydrogens is 552 g/mol. The van der Waals surface area contributed by atoms with E-state index >= 15 is 0 Å². The number of ether oxygens (including phenoxy) is 1. The van der Waals surface area contributed by atoms with Crippen molar-refractivity contribution in [2.75, 3.05) is 6.61 Å². The summed E-state index contributed by atoms with van der Waals surface area (Å²) in [6.45, 7) is 6.54. The number of benzene rings is 3. The Balaban J connectivity index is 1.63. The van der Waals surface area contributed by atoms with E-state index in [1.165, 1.54) is 0 Å². The fraction of sp³-hybridized carbons (Fsp3) is 0.394. The third kappa shape index (κ3) is 8.18. The van der Waals surface area contributed by atoms with Crippen molar-refractivity contribution >= 4 is 27.7 Å². The third-order valence-corrected chi connectivity index (χ3v) is 7.81. The standard InChI is InChI=1S/C33H39BrN2O3/c1-33(2,3)28-15-9-10-16-30(28)39-23-31(37)36(22-25-17-19-26(34)20-18-25)29(21-24-11-5-4-6-12-24)32(38)35-27-13-7-8-14-27/h4-6,9-12,15-20,27,29H,7-8,13-14,21-23H2,1-3H3,(H,35,38). The van der Waals surface area contributed by atoms with E-state index in [1.807, 2.05) is 78.9 Å². The zero-order valence-corrected chi connectivity index (χ0v) is 24.7. The van der Waals surface area contributed by atoms with Gasteiger partial charge in [0, 0.05) is 23.5 Å². The minimum atomic E-state index is -0.661. The van der Waals surface area contributed by atoms with Crippen LogP contribution in [0.2, 0.25) is 0 Å². The molecule has 0 aliphatic heterocycles. The van der Waals surface area contributed by atoms with Gasteiger partial charge >= 0.3 is 0 Å². The van der Waals surface area contributed by atoms with Crippen molar-refractivity contribution in [1.29, 1.82) is 0 Å². The maximum absolute atomic E-state index is 13.9. The number of carbonyl (C=O) groups excluding carboxylic acids is 2. The van der Waals surface area contributed by atoms with Crippen LogP contribution in [0.4, 0.5) is 0 Å². The number of hydrogen-bond donors (Lipinski definition) is 1. The van der Waals surface area contributed by atoms with Crippen LogP contribution in [0.15, 0.2) is 83.3 Å². The highest BCUT2D eigenvalue weighted by atomic mass is 79.9. The molecule has 0 saturated heterocycles. The summed E-state index contributed by atoms with van der Waals surface area (Å²) in [5, 5.41) is 3.25. The maximum atomic E-state index is 13.9. The van der Waals surface area contributed by atoms with Crippen molar-refractivity contribution in [3.8, 4) is 5.75 Å². The summed E-state index contributed by atoms with van der Waals surface area (Å²) in [6.07, 6.45) is 4.64. The molecule has 3 aromatic carbocycles. The van der Waals surface area contributed by atoms with Gasteiger partial charge in [0.2, 0.25) is 5.91 Å². The number of rotatable bonds is 10. The van der Waals surface area contributed by atoms with E-state index < -0.39 is 6.04 Å². The van der Waals surface area contributed by atoms with Crippen molar-refractivity contribution in [1.82, 2.24) is 10.2 Å². The van der Waals surface area contributed by atoms with Crippen molar-refractivity contribution in [3.05, 3.63) is 100 Å². The first-order valence-electron chi connectivity index (χ1n) is 13.8. The fourth-order valence-electron chi connectivity index (χ4n) is 5.14. The molecule has 1 aliphatic carbocycles. The second kappa shape index (κ2) is 13.3. The average molecular weight is 592 g/mol. The van der Waals surface area contributed by atoms with Gasteiger partial charge in [-0.2, -0.15) is 0 Å². The highest BCUT2D eigenvalue weighted by molar-refractivity contribution is 9.10. The van der Waals surface area contributed by atoms with Crippen LogP contribution >= 0.6 is 15.9 Å². The molecule has 1 atom stereocenters. The lowest BCUT2D eigenvalue weighted by Crippen LogP contribution is -2.53. The van der Waals surface area contributed by atoms with Crippen LogP contribution in [0.5, 0.6) is 5.75 Å². The summed E-state index contributed by atoms with van der Waals surface area (Å²) in [6, 6.07) is 25.1. The van der Waals surface area contributed by atoms with Gasteiger partial charge in [-0.1, -0.05) is 110 Å². The van der Waals surface area contributed by atoms with Crippen LogP contribution in [-0.2, 0) is 28.0 Å². The number of nitrogens with one attached hydrogen (secondary N) is 1. The Bertz CT molecular complexity index is 1230. The van der Waals surface area contributed by atoms with Crippen molar-refractivity contribution < 1.29 is 14.3 Å². The average Bonchev–Trinajstić information content (AvgIpc) is 3.43. The van der Waals surface area contributed by atoms with E-state index in [2.05, 4.69) is 42.0 Å². The van der Waals surface area contributed by atoms with Crippen LogP contribution in [0.1, 0.15) is 63.1 Å². The molecule has 5 nitrogen and oxygen atoms in total. The molecule has 206 valence electrons. The van der Waals surface area contributed by atoms with E-state index in [0.717, 1.165) is 46.8 Å². The summed E-state index contributed by atoms with van der Waals surface area (Å²) in [7, 11) is 0. The van der Waals surface area contributed by atoms with Gasteiger partial charge in [-0.15, -0.1) is 0 Å². The number of para-hydroxylation sites is 1. The normalized spacial score (nSPS) is 14.6. The van der Waals surface area contributed by atoms with Gasteiger partial charge in [-0.25, -0.2) is 0 Å². The molecule has 1 unspecified atom stereocenters. The van der Waals surface area contributed by atoms with Gasteiger partial charge in [-0.05, 0) is 53.1 Å². The Morgan fingerprint density at radius 2 is 1.56 bits per heavy atom. The predicted molar refractivity (Wildman–Crippen MR) is 160 cm³/mol. The molecule has 4 rings (SSSR count). The summed E-state index contributed by atoms with van der Waals surface area (Å²) < 4.78 is 7.11. The van der Waals surface area contributed by atoms with Gasteiger partial charge in [0.05, 0.1) is 0 Å². The summed E-state index contributed by atoms with van der Waals surface area (Å²) in [5.41, 5.74) is 2.87. The van der Waals surface area contributed by atoms with E-state index in [9.17, 15) is 9.59 Å². The second-order valence-electron chi connectivity index (χ2n) is 11.4. The Kier molecular flexibility index (Phi) is 9.84. The molecule has 0 radical (unpaired) electrons. The van der Waals surface area contributed by atoms with Crippen LogP contribution in [0.3, 0.4) is 0 Å². The minimum Gasteiger partial charge on any atom is -0.483 e. The van der Waals surface area contributed by atoms with Crippen molar-refractivity contribution in [2.24, 2.45) is 0 Å². The molecule has 0 bridgehead atoms. The van der Waals surface area contributed by atoms with Crippen LogP contribution in [0.25, 0.3) is 0 Å². The lowest BCUT2D eigenvalue weighted by molar-refractivity contribution is -0.143. The molecule has 1 fully saturated rings. The molecule has 1 N–H and O–H groups in total. The van der Waals surface area contributed by atoms with E-state index in [-0.39, 0.29) is 29.9 Å². The van der Waals surface area contributed by atoms with Gasteiger partial charge < -0.3 is 15.0 Å². The van der Waals surface area contributed by atoms with Crippen molar-refractivity contribution in [3.63, 3.8) is 0 Å². The highest BCUT2D eigenvalue weighted by Gasteiger charge is 2.32. The van der Waals surface area contributed by atoms with Crippen LogP contribution in [-0.4, -0.2) is 35.4 Å². The lowest BCUT2D eigenvalue weighted by atomic mass is 9.86. The molecule has 6 heteroatoms. The zero-order chi connectivity index (χ0) is 27.8. The second-order valence-corrected chi connectivity index (χ2v) is 12.3. The summed E-state index contributed by atoms with van der Waals surface area (Å²) in [5.74, 6) is 0.368. The van der Waals surface area contributed by atoms with Gasteiger partial charge in [0.25, 0.3) is 5.91 Å². The first-order valence-corrected chi connectivity index (χ1v) is 14.6. The Morgan fingerprint density at radius 3 is 2.23 bits per heavy atom. The summed E-state index contributed by atoms with van der Waals surface area (Å²) >= 11 is 3.49. The van der Waals surface area contributed by atoms with Gasteiger partial charge in [0.1, 0.15) is 11.8 Å². The number of hydrogen-bond acceptors (Lipinski definition) is 3. The molecule has 39 heavy (non-hydrogen) atoms. The smallest absolute Gasteiger partial charge is 0.261 e. The maximum Gasteiger partial charge on any atom is 0.261 e. The Morgan fingerprint density at radius 1 is 0.923 bits per heavy atom. The predicted octanol–water partition coefficient (Wildman–Crippen LogP) is 6.82. The first-order chi connectivity index (χ1) is 18.7. The van der Waals surface area contributed by atoms with Crippen LogP contribution < -0.4 is 10.1 Å².